The zero-order valence-corrected chi connectivity index (χ0v) is 12.8. The largest absolute Gasteiger partial charge is 0.462 e. The lowest BCUT2D eigenvalue weighted by atomic mass is 9.96. The standard InChI is InChI=1S/C13H19NO2.C3H8/c1-4-16-12(15)11-7-5-10(6-8-11)9-13(2,3)14;1-3-2/h5-8H,4,9,14H2,1-3H3;3H2,1-2H3. The Bertz CT molecular complexity index is 363. The van der Waals surface area contributed by atoms with Crippen molar-refractivity contribution in [2.24, 2.45) is 5.73 Å². The van der Waals surface area contributed by atoms with Gasteiger partial charge in [0.05, 0.1) is 12.2 Å². The van der Waals surface area contributed by atoms with E-state index in [1.54, 1.807) is 19.1 Å². The number of ether oxygens (including phenoxy) is 1. The highest BCUT2D eigenvalue weighted by atomic mass is 16.5. The molecule has 3 nitrogen and oxygen atoms in total. The van der Waals surface area contributed by atoms with Crippen molar-refractivity contribution < 1.29 is 9.53 Å². The molecule has 3 heteroatoms. The number of hydrogen-bond acceptors (Lipinski definition) is 3. The SMILES string of the molecule is CCC.CCOC(=O)c1ccc(CC(C)(C)N)cc1. The lowest BCUT2D eigenvalue weighted by Gasteiger charge is -2.18. The predicted octanol–water partition coefficient (Wildman–Crippen LogP) is 3.56. The lowest BCUT2D eigenvalue weighted by molar-refractivity contribution is 0.0526. The van der Waals surface area contributed by atoms with Crippen LogP contribution in [0, 0.1) is 0 Å². The second-order valence-corrected chi connectivity index (χ2v) is 5.29. The van der Waals surface area contributed by atoms with Crippen LogP contribution in [-0.2, 0) is 11.2 Å². The fourth-order valence-electron chi connectivity index (χ4n) is 1.50. The molecule has 0 saturated heterocycles. The van der Waals surface area contributed by atoms with E-state index in [4.69, 9.17) is 10.5 Å². The first-order valence-corrected chi connectivity index (χ1v) is 6.89. The van der Waals surface area contributed by atoms with Crippen molar-refractivity contribution in [2.75, 3.05) is 6.61 Å². The fraction of sp³-hybridized carbons (Fsp3) is 0.562. The molecule has 0 bridgehead atoms. The van der Waals surface area contributed by atoms with E-state index < -0.39 is 0 Å². The van der Waals surface area contributed by atoms with Crippen molar-refractivity contribution in [3.63, 3.8) is 0 Å². The highest BCUT2D eigenvalue weighted by Crippen LogP contribution is 2.12. The van der Waals surface area contributed by atoms with Crippen LogP contribution < -0.4 is 5.73 Å². The number of hydrogen-bond donors (Lipinski definition) is 1. The first-order chi connectivity index (χ1) is 8.84. The van der Waals surface area contributed by atoms with Crippen molar-refractivity contribution in [3.8, 4) is 0 Å². The first-order valence-electron chi connectivity index (χ1n) is 6.89. The summed E-state index contributed by atoms with van der Waals surface area (Å²) in [6, 6.07) is 7.39. The number of carbonyl (C=O) groups excluding carboxylic acids is 1. The van der Waals surface area contributed by atoms with Crippen molar-refractivity contribution in [2.45, 2.75) is 53.0 Å². The zero-order chi connectivity index (χ0) is 14.9. The van der Waals surface area contributed by atoms with Gasteiger partial charge < -0.3 is 10.5 Å². The van der Waals surface area contributed by atoms with Gasteiger partial charge in [0.15, 0.2) is 0 Å². The lowest BCUT2D eigenvalue weighted by Crippen LogP contribution is -2.34. The summed E-state index contributed by atoms with van der Waals surface area (Å²) < 4.78 is 4.91. The van der Waals surface area contributed by atoms with Crippen LogP contribution in [0.1, 0.15) is 57.0 Å². The molecule has 19 heavy (non-hydrogen) atoms. The molecule has 0 aliphatic rings. The van der Waals surface area contributed by atoms with Gasteiger partial charge in [-0.25, -0.2) is 4.79 Å². The van der Waals surface area contributed by atoms with Gasteiger partial charge in [-0.1, -0.05) is 32.4 Å². The second-order valence-electron chi connectivity index (χ2n) is 5.29. The minimum absolute atomic E-state index is 0.231. The summed E-state index contributed by atoms with van der Waals surface area (Å²) in [6.07, 6.45) is 2.04. The smallest absolute Gasteiger partial charge is 0.338 e. The zero-order valence-electron chi connectivity index (χ0n) is 12.8. The Kier molecular flexibility index (Phi) is 8.08. The van der Waals surface area contributed by atoms with Crippen LogP contribution >= 0.6 is 0 Å². The van der Waals surface area contributed by atoms with Crippen LogP contribution in [0.15, 0.2) is 24.3 Å². The summed E-state index contributed by atoms with van der Waals surface area (Å²) in [5.41, 5.74) is 7.40. The molecule has 1 rings (SSSR count). The minimum Gasteiger partial charge on any atom is -0.462 e. The Morgan fingerprint density at radius 1 is 1.16 bits per heavy atom. The first kappa shape index (κ1) is 17.6. The maximum Gasteiger partial charge on any atom is 0.338 e. The summed E-state index contributed by atoms with van der Waals surface area (Å²) in [7, 11) is 0. The molecule has 0 spiro atoms. The predicted molar refractivity (Wildman–Crippen MR) is 80.3 cm³/mol. The third-order valence-corrected chi connectivity index (χ3v) is 2.12. The highest BCUT2D eigenvalue weighted by Gasteiger charge is 2.12. The molecule has 1 aromatic rings. The van der Waals surface area contributed by atoms with Gasteiger partial charge >= 0.3 is 5.97 Å². The maximum absolute atomic E-state index is 11.4. The number of rotatable bonds is 4. The number of carbonyl (C=O) groups is 1. The summed E-state index contributed by atoms with van der Waals surface area (Å²) in [4.78, 5) is 11.4. The Labute approximate surface area is 117 Å². The van der Waals surface area contributed by atoms with Gasteiger partial charge in [0.25, 0.3) is 0 Å². The van der Waals surface area contributed by atoms with E-state index in [9.17, 15) is 4.79 Å². The van der Waals surface area contributed by atoms with Crippen LogP contribution in [0.2, 0.25) is 0 Å². The molecule has 1 aromatic carbocycles. The van der Waals surface area contributed by atoms with Gasteiger partial charge in [-0.15, -0.1) is 0 Å². The molecule has 0 unspecified atom stereocenters. The van der Waals surface area contributed by atoms with Gasteiger partial charge in [0.2, 0.25) is 0 Å². The molecule has 2 N–H and O–H groups in total. The Morgan fingerprint density at radius 3 is 2.00 bits per heavy atom. The maximum atomic E-state index is 11.4. The van der Waals surface area contributed by atoms with Crippen molar-refractivity contribution >= 4 is 5.97 Å². The Morgan fingerprint density at radius 2 is 1.63 bits per heavy atom. The Hall–Kier alpha value is -1.35. The molecular formula is C16H27NO2. The van der Waals surface area contributed by atoms with E-state index in [1.165, 1.54) is 6.42 Å². The van der Waals surface area contributed by atoms with Gasteiger partial charge in [0, 0.05) is 5.54 Å². The topological polar surface area (TPSA) is 52.3 Å². The molecule has 0 saturated carbocycles. The quantitative estimate of drug-likeness (QED) is 0.847. The van der Waals surface area contributed by atoms with Crippen molar-refractivity contribution in [1.29, 1.82) is 0 Å². The van der Waals surface area contributed by atoms with E-state index in [-0.39, 0.29) is 11.5 Å². The van der Waals surface area contributed by atoms with E-state index in [1.807, 2.05) is 26.0 Å². The van der Waals surface area contributed by atoms with Crippen molar-refractivity contribution in [3.05, 3.63) is 35.4 Å². The third-order valence-electron chi connectivity index (χ3n) is 2.12. The number of nitrogens with two attached hydrogens (primary N) is 1. The van der Waals surface area contributed by atoms with Gasteiger partial charge in [-0.2, -0.15) is 0 Å². The molecule has 0 atom stereocenters. The molecular weight excluding hydrogens is 238 g/mol. The molecule has 0 heterocycles. The van der Waals surface area contributed by atoms with E-state index >= 15 is 0 Å². The molecule has 0 aliphatic carbocycles. The second kappa shape index (κ2) is 8.70. The molecule has 0 radical (unpaired) electrons. The number of esters is 1. The number of benzene rings is 1. The molecule has 0 aromatic heterocycles. The minimum atomic E-state index is -0.277. The average molecular weight is 265 g/mol. The molecule has 108 valence electrons. The molecule has 0 fully saturated rings. The van der Waals surface area contributed by atoms with Crippen LogP contribution in [0.5, 0.6) is 0 Å². The molecule has 0 amide bonds. The summed E-state index contributed by atoms with van der Waals surface area (Å²) in [6.45, 7) is 10.4. The van der Waals surface area contributed by atoms with Crippen molar-refractivity contribution in [1.82, 2.24) is 0 Å². The normalized spacial score (nSPS) is 10.4. The van der Waals surface area contributed by atoms with Crippen LogP contribution in [0.4, 0.5) is 0 Å². The monoisotopic (exact) mass is 265 g/mol. The van der Waals surface area contributed by atoms with Crippen LogP contribution in [0.3, 0.4) is 0 Å². The third kappa shape index (κ3) is 8.38. The fourth-order valence-corrected chi connectivity index (χ4v) is 1.50. The average Bonchev–Trinajstić information content (AvgIpc) is 2.29. The van der Waals surface area contributed by atoms with Gasteiger partial charge in [-0.05, 0) is 44.9 Å². The highest BCUT2D eigenvalue weighted by molar-refractivity contribution is 5.89. The summed E-state index contributed by atoms with van der Waals surface area (Å²) >= 11 is 0. The Balaban J connectivity index is 0.000000982. The molecule has 0 aliphatic heterocycles. The van der Waals surface area contributed by atoms with Crippen LogP contribution in [0.25, 0.3) is 0 Å². The van der Waals surface area contributed by atoms with E-state index in [0.717, 1.165) is 12.0 Å². The van der Waals surface area contributed by atoms with Gasteiger partial charge in [-0.3, -0.25) is 0 Å². The summed E-state index contributed by atoms with van der Waals surface area (Å²) in [5, 5.41) is 0. The van der Waals surface area contributed by atoms with Crippen LogP contribution in [-0.4, -0.2) is 18.1 Å². The van der Waals surface area contributed by atoms with E-state index in [0.29, 0.717) is 12.2 Å². The van der Waals surface area contributed by atoms with Gasteiger partial charge in [0.1, 0.15) is 0 Å². The van der Waals surface area contributed by atoms with E-state index in [2.05, 4.69) is 13.8 Å². The summed E-state index contributed by atoms with van der Waals surface area (Å²) in [5.74, 6) is -0.277.